The first-order valence-electron chi connectivity index (χ1n) is 9.65. The minimum atomic E-state index is 0.0818. The molecule has 0 radical (unpaired) electrons. The first-order chi connectivity index (χ1) is 12.1. The molecule has 0 aromatic heterocycles. The second kappa shape index (κ2) is 7.29. The molecule has 4 fully saturated rings. The van der Waals surface area contributed by atoms with Crippen LogP contribution in [0.25, 0.3) is 0 Å². The van der Waals surface area contributed by atoms with Crippen molar-refractivity contribution < 1.29 is 4.79 Å². The van der Waals surface area contributed by atoms with Crippen LogP contribution in [0, 0.1) is 5.92 Å². The lowest BCUT2D eigenvalue weighted by atomic mass is 9.79. The third kappa shape index (κ3) is 3.74. The summed E-state index contributed by atoms with van der Waals surface area (Å²) in [5.41, 5.74) is 0.783. The number of benzene rings is 1. The van der Waals surface area contributed by atoms with Crippen molar-refractivity contribution in [2.45, 2.75) is 61.4 Å². The zero-order valence-corrected chi connectivity index (χ0v) is 16.0. The lowest BCUT2D eigenvalue weighted by Gasteiger charge is -2.49. The maximum Gasteiger partial charge on any atom is 0.251 e. The zero-order valence-electron chi connectivity index (χ0n) is 15.2. The summed E-state index contributed by atoms with van der Waals surface area (Å²) >= 11 is 1.92. The van der Waals surface area contributed by atoms with E-state index in [-0.39, 0.29) is 5.91 Å². The number of piperidine rings is 3. The van der Waals surface area contributed by atoms with Crippen molar-refractivity contribution in [2.24, 2.45) is 5.92 Å². The maximum absolute atomic E-state index is 12.7. The molecule has 4 nitrogen and oxygen atoms in total. The molecule has 4 saturated heterocycles. The van der Waals surface area contributed by atoms with E-state index in [1.807, 2.05) is 23.9 Å². The van der Waals surface area contributed by atoms with Gasteiger partial charge in [-0.1, -0.05) is 0 Å². The number of rotatable bonds is 4. The fraction of sp³-hybridized carbons (Fsp3) is 0.650. The monoisotopic (exact) mass is 359 g/mol. The predicted molar refractivity (Wildman–Crippen MR) is 103 cm³/mol. The van der Waals surface area contributed by atoms with E-state index in [9.17, 15) is 4.79 Å². The normalized spacial score (nSPS) is 37.2. The molecule has 4 aliphatic rings. The molecule has 136 valence electrons. The molecule has 1 amide bonds. The predicted octanol–water partition coefficient (Wildman–Crippen LogP) is 2.74. The quantitative estimate of drug-likeness (QED) is 0.868. The molecule has 0 aliphatic carbocycles. The van der Waals surface area contributed by atoms with Gasteiger partial charge in [-0.05, 0) is 76.4 Å². The number of nitrogens with one attached hydrogen (secondary N) is 2. The number of nitrogens with zero attached hydrogens (tertiary/aromatic N) is 1. The minimum Gasteiger partial charge on any atom is -0.347 e. The second-order valence-corrected chi connectivity index (χ2v) is 9.30. The van der Waals surface area contributed by atoms with Crippen LogP contribution in [0.15, 0.2) is 29.2 Å². The first kappa shape index (κ1) is 17.4. The Morgan fingerprint density at radius 1 is 1.20 bits per heavy atom. The van der Waals surface area contributed by atoms with E-state index in [0.29, 0.717) is 29.3 Å². The third-order valence-corrected chi connectivity index (χ3v) is 7.44. The lowest BCUT2D eigenvalue weighted by Crippen LogP contribution is -2.62. The highest BCUT2D eigenvalue weighted by Crippen LogP contribution is 2.32. The van der Waals surface area contributed by atoms with Crippen LogP contribution in [0.2, 0.25) is 0 Å². The molecule has 5 rings (SSSR count). The number of amides is 1. The second-order valence-electron chi connectivity index (χ2n) is 7.92. The van der Waals surface area contributed by atoms with Gasteiger partial charge in [0.05, 0.1) is 0 Å². The van der Waals surface area contributed by atoms with Gasteiger partial charge in [-0.3, -0.25) is 9.69 Å². The van der Waals surface area contributed by atoms with Gasteiger partial charge < -0.3 is 10.6 Å². The number of fused-ring (bicyclic) bond motifs is 3. The summed E-state index contributed by atoms with van der Waals surface area (Å²) in [5.74, 6) is 0.731. The summed E-state index contributed by atoms with van der Waals surface area (Å²) in [6.45, 7) is 7.96. The highest BCUT2D eigenvalue weighted by molar-refractivity contribution is 8.00. The Morgan fingerprint density at radius 2 is 1.92 bits per heavy atom. The molecule has 2 bridgehead atoms. The Balaban J connectivity index is 1.36. The Labute approximate surface area is 155 Å². The molecule has 4 aliphatic heterocycles. The van der Waals surface area contributed by atoms with E-state index in [1.165, 1.54) is 37.2 Å². The highest BCUT2D eigenvalue weighted by atomic mass is 32.2. The van der Waals surface area contributed by atoms with Crippen LogP contribution in [0.4, 0.5) is 0 Å². The molecule has 5 heteroatoms. The Bertz CT molecular complexity index is 610. The van der Waals surface area contributed by atoms with Crippen molar-refractivity contribution >= 4 is 17.7 Å². The third-order valence-electron chi connectivity index (χ3n) is 6.21. The van der Waals surface area contributed by atoms with Gasteiger partial charge in [0.1, 0.15) is 0 Å². The average Bonchev–Trinajstić information content (AvgIpc) is 3.04. The summed E-state index contributed by atoms with van der Waals surface area (Å²) in [6, 6.07) is 9.54. The summed E-state index contributed by atoms with van der Waals surface area (Å²) in [5, 5.41) is 7.45. The van der Waals surface area contributed by atoms with Gasteiger partial charge in [-0.25, -0.2) is 0 Å². The van der Waals surface area contributed by atoms with Crippen LogP contribution in [-0.2, 0) is 0 Å². The van der Waals surface area contributed by atoms with Gasteiger partial charge in [0.2, 0.25) is 0 Å². The zero-order chi connectivity index (χ0) is 17.4. The van der Waals surface area contributed by atoms with Crippen molar-refractivity contribution in [1.82, 2.24) is 15.5 Å². The fourth-order valence-corrected chi connectivity index (χ4v) is 5.88. The summed E-state index contributed by atoms with van der Waals surface area (Å²) in [4.78, 5) is 16.5. The van der Waals surface area contributed by atoms with Gasteiger partial charge in [-0.15, -0.1) is 11.8 Å². The van der Waals surface area contributed by atoms with Crippen LogP contribution in [0.3, 0.4) is 0 Å². The smallest absolute Gasteiger partial charge is 0.251 e. The van der Waals surface area contributed by atoms with E-state index < -0.39 is 0 Å². The minimum absolute atomic E-state index is 0.0818. The molecule has 4 heterocycles. The van der Waals surface area contributed by atoms with Crippen molar-refractivity contribution in [3.8, 4) is 0 Å². The largest absolute Gasteiger partial charge is 0.347 e. The number of hydrogen-bond donors (Lipinski definition) is 2. The molecular formula is C20H29N3OS. The molecule has 2 unspecified atom stereocenters. The molecular weight excluding hydrogens is 330 g/mol. The van der Waals surface area contributed by atoms with Crippen LogP contribution in [-0.4, -0.2) is 53.8 Å². The van der Waals surface area contributed by atoms with Crippen LogP contribution < -0.4 is 10.6 Å². The number of carbonyl (C=O) groups is 1. The molecule has 1 aromatic carbocycles. The summed E-state index contributed by atoms with van der Waals surface area (Å²) < 4.78 is 0. The van der Waals surface area contributed by atoms with Crippen molar-refractivity contribution in [1.29, 1.82) is 0 Å². The van der Waals surface area contributed by atoms with Gasteiger partial charge in [0.15, 0.2) is 0 Å². The maximum atomic E-state index is 12.7. The lowest BCUT2D eigenvalue weighted by molar-refractivity contribution is 0.0217. The number of thioether (sulfide) groups is 1. The van der Waals surface area contributed by atoms with Crippen LogP contribution >= 0.6 is 11.8 Å². The molecule has 4 atom stereocenters. The van der Waals surface area contributed by atoms with Gasteiger partial charge in [0, 0.05) is 40.4 Å². The van der Waals surface area contributed by atoms with E-state index in [2.05, 4.69) is 41.5 Å². The molecule has 1 aromatic rings. The highest BCUT2D eigenvalue weighted by Gasteiger charge is 2.40. The standard InChI is InChI=1S/C20H29N3OS/c1-13-11-18(12-21-13)25-17-5-3-16(4-6-17)20(24)22-19-14(2)23-9-7-15(19)8-10-23/h3-6,13-15,18-19,21H,7-12H2,1-2H3,(H,22,24)/t13?,14-,18?,19-/m0/s1. The van der Waals surface area contributed by atoms with Gasteiger partial charge >= 0.3 is 0 Å². The van der Waals surface area contributed by atoms with E-state index in [4.69, 9.17) is 0 Å². The van der Waals surface area contributed by atoms with Gasteiger partial charge in [0.25, 0.3) is 5.91 Å². The Kier molecular flexibility index (Phi) is 5.07. The Morgan fingerprint density at radius 3 is 2.52 bits per heavy atom. The number of carbonyl (C=O) groups excluding carboxylic acids is 1. The molecule has 0 saturated carbocycles. The molecule has 0 spiro atoms. The molecule has 2 N–H and O–H groups in total. The van der Waals surface area contributed by atoms with Crippen LogP contribution in [0.5, 0.6) is 0 Å². The summed E-state index contributed by atoms with van der Waals surface area (Å²) in [7, 11) is 0. The first-order valence-corrected chi connectivity index (χ1v) is 10.5. The summed E-state index contributed by atoms with van der Waals surface area (Å²) in [6.07, 6.45) is 3.65. The SMILES string of the molecule is CC1CC(Sc2ccc(C(=O)N[C@@H]3C4CCN(CC4)[C@H]3C)cc2)CN1. The van der Waals surface area contributed by atoms with Gasteiger partial charge in [-0.2, -0.15) is 0 Å². The van der Waals surface area contributed by atoms with E-state index in [1.54, 1.807) is 0 Å². The average molecular weight is 360 g/mol. The molecule has 25 heavy (non-hydrogen) atoms. The van der Waals surface area contributed by atoms with E-state index in [0.717, 1.165) is 12.1 Å². The fourth-order valence-electron chi connectivity index (χ4n) is 4.64. The Hall–Kier alpha value is -1.04. The topological polar surface area (TPSA) is 44.4 Å². The van der Waals surface area contributed by atoms with Crippen molar-refractivity contribution in [2.75, 3.05) is 19.6 Å². The van der Waals surface area contributed by atoms with Crippen LogP contribution in [0.1, 0.15) is 43.5 Å². The van der Waals surface area contributed by atoms with E-state index >= 15 is 0 Å². The van der Waals surface area contributed by atoms with Crippen molar-refractivity contribution in [3.05, 3.63) is 29.8 Å². The van der Waals surface area contributed by atoms with Crippen molar-refractivity contribution in [3.63, 3.8) is 0 Å². The number of hydrogen-bond acceptors (Lipinski definition) is 4.